The molecule has 0 radical (unpaired) electrons. The van der Waals surface area contributed by atoms with Crippen LogP contribution < -0.4 is 0 Å². The summed E-state index contributed by atoms with van der Waals surface area (Å²) in [7, 11) is 4.91. The van der Waals surface area contributed by atoms with Crippen LogP contribution in [0.5, 0.6) is 0 Å². The molecule has 0 aliphatic rings. The van der Waals surface area contributed by atoms with E-state index in [0.717, 1.165) is 10.5 Å². The largest absolute Gasteiger partial charge is 0.480 e. The van der Waals surface area contributed by atoms with E-state index in [9.17, 15) is 14.7 Å². The predicted octanol–water partition coefficient (Wildman–Crippen LogP) is 2.50. The van der Waals surface area contributed by atoms with Crippen LogP contribution in [0.1, 0.15) is 5.56 Å². The molecule has 8 nitrogen and oxygen atoms in total. The molecule has 1 amide bonds. The molecule has 1 aromatic rings. The minimum atomic E-state index is -1.11. The van der Waals surface area contributed by atoms with E-state index in [4.69, 9.17) is 4.74 Å². The average Bonchev–Trinajstić information content (AvgIpc) is 2.55. The van der Waals surface area contributed by atoms with Gasteiger partial charge >= 0.3 is 12.1 Å². The van der Waals surface area contributed by atoms with Gasteiger partial charge < -0.3 is 9.84 Å². The van der Waals surface area contributed by atoms with Gasteiger partial charge in [0.1, 0.15) is 12.6 Å². The first kappa shape index (κ1) is 19.1. The molecule has 0 aromatic heterocycles. The molecular weight excluding hydrogens is 312 g/mol. The van der Waals surface area contributed by atoms with Crippen molar-refractivity contribution in [2.45, 2.75) is 12.5 Å². The molecule has 24 heavy (non-hydrogen) atoms. The second-order valence-electron chi connectivity index (χ2n) is 5.24. The highest BCUT2D eigenvalue weighted by molar-refractivity contribution is 5.80. The molecule has 8 heteroatoms. The Morgan fingerprint density at radius 2 is 1.92 bits per heavy atom. The third-order valence-corrected chi connectivity index (χ3v) is 3.07. The summed E-state index contributed by atoms with van der Waals surface area (Å²) >= 11 is 0. The number of amides is 1. The first-order chi connectivity index (χ1) is 11.3. The average molecular weight is 334 g/mol. The molecule has 130 valence electrons. The van der Waals surface area contributed by atoms with Gasteiger partial charge in [-0.2, -0.15) is 0 Å². The lowest BCUT2D eigenvalue weighted by molar-refractivity contribution is -0.142. The number of nitrogens with zero attached hydrogens (tertiary/aromatic N) is 4. The Kier molecular flexibility index (Phi) is 7.41. The number of likely N-dealkylation sites (N-methyl/N-ethyl adjacent to an activating group) is 1. The zero-order chi connectivity index (χ0) is 18.1. The summed E-state index contributed by atoms with van der Waals surface area (Å²) in [6.07, 6.45) is 0.863. The Labute approximate surface area is 141 Å². The molecule has 1 N–H and O–H groups in total. The number of benzene rings is 1. The number of carboxylic acid groups (broad SMARTS) is 1. The first-order valence-corrected chi connectivity index (χ1v) is 7.26. The Hall–Kier alpha value is -2.90. The van der Waals surface area contributed by atoms with Crippen LogP contribution in [-0.2, 0) is 16.0 Å². The minimum absolute atomic E-state index is 0.0289. The molecule has 0 saturated heterocycles. The van der Waals surface area contributed by atoms with E-state index in [-0.39, 0.29) is 13.0 Å². The highest BCUT2D eigenvalue weighted by atomic mass is 16.6. The zero-order valence-electron chi connectivity index (χ0n) is 14.0. The fraction of sp³-hybridized carbons (Fsp3) is 0.375. The van der Waals surface area contributed by atoms with Gasteiger partial charge in [0.15, 0.2) is 0 Å². The topological polar surface area (TPSA) is 94.8 Å². The number of ether oxygens (including phenoxy) is 1. The zero-order valence-corrected chi connectivity index (χ0v) is 14.0. The van der Waals surface area contributed by atoms with E-state index >= 15 is 0 Å². The maximum atomic E-state index is 11.8. The molecule has 0 aliphatic heterocycles. The molecule has 0 fully saturated rings. The summed E-state index contributed by atoms with van der Waals surface area (Å²) in [6, 6.07) is 5.94. The number of rotatable bonds is 8. The van der Waals surface area contributed by atoms with E-state index in [0.29, 0.717) is 5.69 Å². The second-order valence-corrected chi connectivity index (χ2v) is 5.24. The van der Waals surface area contributed by atoms with Gasteiger partial charge in [0.05, 0.1) is 5.69 Å². The Morgan fingerprint density at radius 3 is 2.42 bits per heavy atom. The van der Waals surface area contributed by atoms with Crippen LogP contribution in [0.2, 0.25) is 0 Å². The Balaban J connectivity index is 2.79. The molecule has 0 aliphatic carbocycles. The van der Waals surface area contributed by atoms with Crippen molar-refractivity contribution in [1.82, 2.24) is 9.91 Å². The highest BCUT2D eigenvalue weighted by Gasteiger charge is 2.27. The fourth-order valence-corrected chi connectivity index (χ4v) is 1.81. The van der Waals surface area contributed by atoms with Gasteiger partial charge in [-0.1, -0.05) is 30.0 Å². The molecule has 0 saturated carbocycles. The second kappa shape index (κ2) is 9.29. The fourth-order valence-electron chi connectivity index (χ4n) is 1.81. The van der Waals surface area contributed by atoms with Crippen LogP contribution in [0.4, 0.5) is 10.5 Å². The molecule has 0 heterocycles. The van der Waals surface area contributed by atoms with Crippen molar-refractivity contribution in [3.63, 3.8) is 0 Å². The molecule has 1 atom stereocenters. The van der Waals surface area contributed by atoms with Gasteiger partial charge in [-0.15, -0.1) is 5.11 Å². The number of hydrogen-bond acceptors (Lipinski definition) is 5. The molecule has 1 aromatic carbocycles. The molecule has 1 rings (SSSR count). The quantitative estimate of drug-likeness (QED) is 0.448. The van der Waals surface area contributed by atoms with Gasteiger partial charge in [-0.3, -0.25) is 9.91 Å². The van der Waals surface area contributed by atoms with Crippen LogP contribution in [0.3, 0.4) is 0 Å². The summed E-state index contributed by atoms with van der Waals surface area (Å²) in [6.45, 7) is 3.47. The van der Waals surface area contributed by atoms with Crippen LogP contribution in [0, 0.1) is 0 Å². The van der Waals surface area contributed by atoms with Gasteiger partial charge in [-0.05, 0) is 17.7 Å². The van der Waals surface area contributed by atoms with Crippen LogP contribution in [0.15, 0.2) is 47.3 Å². The Bertz CT molecular complexity index is 599. The van der Waals surface area contributed by atoms with Crippen molar-refractivity contribution >= 4 is 17.7 Å². The van der Waals surface area contributed by atoms with Gasteiger partial charge in [0.2, 0.25) is 0 Å². The number of aliphatic carboxylic acids is 1. The lowest BCUT2D eigenvalue weighted by atomic mass is 10.0. The van der Waals surface area contributed by atoms with Crippen molar-refractivity contribution in [2.24, 2.45) is 10.3 Å². The van der Waals surface area contributed by atoms with Crippen LogP contribution in [-0.4, -0.2) is 60.9 Å². The normalized spacial score (nSPS) is 11.8. The van der Waals surface area contributed by atoms with E-state index < -0.39 is 18.1 Å². The summed E-state index contributed by atoms with van der Waals surface area (Å²) in [5, 5.41) is 18.8. The maximum absolute atomic E-state index is 11.8. The maximum Gasteiger partial charge on any atom is 0.410 e. The lowest BCUT2D eigenvalue weighted by Gasteiger charge is -2.24. The van der Waals surface area contributed by atoms with E-state index in [1.807, 2.05) is 0 Å². The Morgan fingerprint density at radius 1 is 1.29 bits per heavy atom. The minimum Gasteiger partial charge on any atom is -0.480 e. The van der Waals surface area contributed by atoms with Crippen molar-refractivity contribution in [3.05, 3.63) is 42.5 Å². The van der Waals surface area contributed by atoms with Crippen molar-refractivity contribution < 1.29 is 19.4 Å². The third-order valence-electron chi connectivity index (χ3n) is 3.07. The molecule has 0 bridgehead atoms. The van der Waals surface area contributed by atoms with Gasteiger partial charge in [0.25, 0.3) is 0 Å². The molecule has 1 unspecified atom stereocenters. The summed E-state index contributed by atoms with van der Waals surface area (Å²) in [5.74, 6) is -1.11. The van der Waals surface area contributed by atoms with Crippen LogP contribution in [0.25, 0.3) is 0 Å². The SMILES string of the molecule is C=CCOC(=O)N(C)C(Cc1ccc(/N=N/N(C)C)cc1)C(=O)O. The van der Waals surface area contributed by atoms with E-state index in [2.05, 4.69) is 16.9 Å². The number of hydrogen-bond donors (Lipinski definition) is 1. The van der Waals surface area contributed by atoms with E-state index in [1.54, 1.807) is 43.4 Å². The first-order valence-electron chi connectivity index (χ1n) is 7.26. The predicted molar refractivity (Wildman–Crippen MR) is 89.1 cm³/mol. The lowest BCUT2D eigenvalue weighted by Crippen LogP contribution is -2.44. The van der Waals surface area contributed by atoms with E-state index in [1.165, 1.54) is 13.1 Å². The highest BCUT2D eigenvalue weighted by Crippen LogP contribution is 2.16. The third kappa shape index (κ3) is 6.07. The summed E-state index contributed by atoms with van der Waals surface area (Å²) < 4.78 is 4.87. The molecular formula is C16H22N4O4. The standard InChI is InChI=1S/C16H22N4O4/c1-5-10-24-16(23)20(4)14(15(21)22)11-12-6-8-13(9-7-12)17-18-19(2)3/h5-9,14H,1,10-11H2,2-4H3,(H,21,22)/b18-17+. The van der Waals surface area contributed by atoms with Gasteiger partial charge in [-0.25, -0.2) is 9.59 Å². The monoisotopic (exact) mass is 334 g/mol. The smallest absolute Gasteiger partial charge is 0.410 e. The number of carbonyl (C=O) groups excluding carboxylic acids is 1. The number of carboxylic acids is 1. The van der Waals surface area contributed by atoms with Gasteiger partial charge in [0, 0.05) is 27.6 Å². The van der Waals surface area contributed by atoms with Crippen molar-refractivity contribution in [1.29, 1.82) is 0 Å². The van der Waals surface area contributed by atoms with Crippen molar-refractivity contribution in [2.75, 3.05) is 27.7 Å². The van der Waals surface area contributed by atoms with Crippen LogP contribution >= 0.6 is 0 Å². The van der Waals surface area contributed by atoms with Crippen molar-refractivity contribution in [3.8, 4) is 0 Å². The summed E-state index contributed by atoms with van der Waals surface area (Å²) in [4.78, 5) is 24.3. The summed E-state index contributed by atoms with van der Waals surface area (Å²) in [5.41, 5.74) is 1.41. The number of carbonyl (C=O) groups is 2. The molecule has 0 spiro atoms.